The highest BCUT2D eigenvalue weighted by Crippen LogP contribution is 2.61. The maximum atomic E-state index is 14.8. The van der Waals surface area contributed by atoms with E-state index in [1.807, 2.05) is 0 Å². The van der Waals surface area contributed by atoms with Crippen LogP contribution in [0.2, 0.25) is 0 Å². The first-order valence-electron chi connectivity index (χ1n) is 12.9. The SMILES string of the molecule is CS([OH+]S(=O)(=O)C(F)(F)C(=O)OCCCCCCCCCCBr)(C1CCCC1)C1CCCCC1=O. The number of hydrogen-bond donors (Lipinski definition) is 0. The first kappa shape index (κ1) is 31.0. The van der Waals surface area contributed by atoms with Gasteiger partial charge in [0.05, 0.1) is 11.9 Å². The fourth-order valence-corrected chi connectivity index (χ4v) is 11.7. The van der Waals surface area contributed by atoms with Gasteiger partial charge in [-0.25, -0.2) is 4.79 Å². The lowest BCUT2D eigenvalue weighted by Gasteiger charge is -2.42. The lowest BCUT2D eigenvalue weighted by Crippen LogP contribution is -2.46. The number of Topliss-reactive ketones (excluding diaryl/α,β-unsaturated/α-hetero) is 1. The summed E-state index contributed by atoms with van der Waals surface area (Å²) in [5.74, 6) is -2.16. The van der Waals surface area contributed by atoms with Gasteiger partial charge in [-0.2, -0.15) is 8.78 Å². The summed E-state index contributed by atoms with van der Waals surface area (Å²) in [7, 11) is -8.08. The van der Waals surface area contributed by atoms with Crippen molar-refractivity contribution in [1.29, 1.82) is 0 Å². The Morgan fingerprint density at radius 2 is 1.51 bits per heavy atom. The average molecular weight is 609 g/mol. The van der Waals surface area contributed by atoms with Gasteiger partial charge < -0.3 is 4.74 Å². The van der Waals surface area contributed by atoms with E-state index in [2.05, 4.69) is 24.3 Å². The fraction of sp³-hybridized carbons (Fsp3) is 0.917. The molecule has 206 valence electrons. The lowest BCUT2D eigenvalue weighted by atomic mass is 9.99. The maximum absolute atomic E-state index is 14.8. The minimum Gasteiger partial charge on any atom is -0.460 e. The van der Waals surface area contributed by atoms with Crippen molar-refractivity contribution < 1.29 is 35.2 Å². The fourth-order valence-electron chi connectivity index (χ4n) is 5.04. The van der Waals surface area contributed by atoms with Gasteiger partial charge in [-0.15, -0.1) is 8.42 Å². The third-order valence-corrected chi connectivity index (χ3v) is 14.1. The summed E-state index contributed by atoms with van der Waals surface area (Å²) >= 11 is 3.40. The van der Waals surface area contributed by atoms with E-state index in [4.69, 9.17) is 0 Å². The van der Waals surface area contributed by atoms with Crippen LogP contribution in [0.15, 0.2) is 0 Å². The van der Waals surface area contributed by atoms with Crippen LogP contribution < -0.4 is 0 Å². The summed E-state index contributed by atoms with van der Waals surface area (Å²) in [4.78, 5) is 24.8. The van der Waals surface area contributed by atoms with Crippen LogP contribution in [0.1, 0.15) is 103 Å². The van der Waals surface area contributed by atoms with Crippen molar-refractivity contribution >= 4 is 48.1 Å². The van der Waals surface area contributed by atoms with Crippen LogP contribution in [0, 0.1) is 0 Å². The number of carbonyl (C=O) groups is 2. The van der Waals surface area contributed by atoms with Gasteiger partial charge >= 0.3 is 21.3 Å². The molecule has 35 heavy (non-hydrogen) atoms. The molecule has 2 unspecified atom stereocenters. The van der Waals surface area contributed by atoms with Crippen LogP contribution in [0.3, 0.4) is 0 Å². The van der Waals surface area contributed by atoms with Crippen LogP contribution in [0.5, 0.6) is 0 Å². The van der Waals surface area contributed by atoms with Gasteiger partial charge in [0.1, 0.15) is 5.25 Å². The third kappa shape index (κ3) is 8.64. The van der Waals surface area contributed by atoms with Crippen molar-refractivity contribution in [3.8, 4) is 0 Å². The molecule has 0 radical (unpaired) electrons. The molecular formula is C24H42BrF2O6S2+. The molecule has 2 aliphatic rings. The molecule has 0 bridgehead atoms. The Morgan fingerprint density at radius 1 is 0.971 bits per heavy atom. The van der Waals surface area contributed by atoms with Crippen molar-refractivity contribution in [2.45, 2.75) is 118 Å². The Kier molecular flexibility index (Phi) is 12.9. The second-order valence-corrected chi connectivity index (χ2v) is 15.9. The van der Waals surface area contributed by atoms with Crippen molar-refractivity contribution in [2.24, 2.45) is 0 Å². The number of unbranched alkanes of at least 4 members (excludes halogenated alkanes) is 7. The predicted molar refractivity (Wildman–Crippen MR) is 141 cm³/mol. The number of esters is 1. The Bertz CT molecular complexity index is 789. The molecule has 2 aliphatic carbocycles. The number of alkyl halides is 3. The Labute approximate surface area is 219 Å². The maximum Gasteiger partial charge on any atom is 0.514 e. The van der Waals surface area contributed by atoms with E-state index in [0.717, 1.165) is 69.5 Å². The molecule has 2 saturated carbocycles. The van der Waals surface area contributed by atoms with Crippen molar-refractivity contribution in [1.82, 2.24) is 0 Å². The second-order valence-electron chi connectivity index (χ2n) is 9.83. The molecule has 0 saturated heterocycles. The first-order valence-corrected chi connectivity index (χ1v) is 17.6. The summed E-state index contributed by atoms with van der Waals surface area (Å²) in [6.07, 6.45) is 14.6. The van der Waals surface area contributed by atoms with Crippen molar-refractivity contribution in [2.75, 3.05) is 18.2 Å². The zero-order chi connectivity index (χ0) is 26.0. The quantitative estimate of drug-likeness (QED) is 0.0628. The first-order chi connectivity index (χ1) is 16.6. The van der Waals surface area contributed by atoms with Crippen LogP contribution in [-0.4, -0.2) is 57.7 Å². The van der Waals surface area contributed by atoms with Crippen LogP contribution in [0.25, 0.3) is 0 Å². The summed E-state index contributed by atoms with van der Waals surface area (Å²) in [6, 6.07) is 0. The molecule has 6 nitrogen and oxygen atoms in total. The second kappa shape index (κ2) is 14.6. The molecule has 0 aromatic rings. The highest BCUT2D eigenvalue weighted by Gasteiger charge is 2.64. The third-order valence-electron chi connectivity index (χ3n) is 7.13. The monoisotopic (exact) mass is 607 g/mol. The Hall–Kier alpha value is -0.260. The largest absolute Gasteiger partial charge is 0.514 e. The lowest BCUT2D eigenvalue weighted by molar-refractivity contribution is -0.161. The van der Waals surface area contributed by atoms with Crippen LogP contribution in [-0.2, 0) is 24.4 Å². The summed E-state index contributed by atoms with van der Waals surface area (Å²) < 4.78 is 63.7. The van der Waals surface area contributed by atoms with Crippen molar-refractivity contribution in [3.05, 3.63) is 0 Å². The van der Waals surface area contributed by atoms with E-state index in [9.17, 15) is 26.8 Å². The zero-order valence-electron chi connectivity index (χ0n) is 20.8. The molecule has 0 amide bonds. The predicted octanol–water partition coefficient (Wildman–Crippen LogP) is 6.87. The van der Waals surface area contributed by atoms with Crippen molar-refractivity contribution in [3.63, 3.8) is 0 Å². The molecule has 0 aromatic carbocycles. The molecular weight excluding hydrogens is 566 g/mol. The summed E-state index contributed by atoms with van der Waals surface area (Å²) in [6.45, 7) is -0.249. The van der Waals surface area contributed by atoms with E-state index in [1.165, 1.54) is 6.42 Å². The van der Waals surface area contributed by atoms with Gasteiger partial charge in [0.25, 0.3) is 0 Å². The Balaban J connectivity index is 1.92. The Morgan fingerprint density at radius 3 is 2.09 bits per heavy atom. The molecule has 2 atom stereocenters. The molecule has 2 rings (SSSR count). The number of ether oxygens (including phenoxy) is 1. The minimum atomic E-state index is -5.49. The molecule has 0 aromatic heterocycles. The highest BCUT2D eigenvalue weighted by atomic mass is 79.9. The van der Waals surface area contributed by atoms with Crippen LogP contribution >= 0.6 is 26.2 Å². The number of hydrogen-bond acceptors (Lipinski definition) is 5. The van der Waals surface area contributed by atoms with E-state index in [0.29, 0.717) is 32.1 Å². The van der Waals surface area contributed by atoms with Gasteiger partial charge in [-0.05, 0) is 48.8 Å². The van der Waals surface area contributed by atoms with E-state index >= 15 is 0 Å². The van der Waals surface area contributed by atoms with E-state index in [1.54, 1.807) is 6.26 Å². The summed E-state index contributed by atoms with van der Waals surface area (Å²) in [5.41, 5.74) is 0. The molecule has 1 N–H and O–H groups in total. The number of rotatable bonds is 16. The minimum absolute atomic E-state index is 0.0892. The van der Waals surface area contributed by atoms with E-state index < -0.39 is 36.9 Å². The smallest absolute Gasteiger partial charge is 0.460 e. The van der Waals surface area contributed by atoms with E-state index in [-0.39, 0.29) is 17.6 Å². The average Bonchev–Trinajstić information content (AvgIpc) is 3.36. The topological polar surface area (TPSA) is 90.3 Å². The normalized spacial score (nSPS) is 22.6. The van der Waals surface area contributed by atoms with Gasteiger partial charge in [-0.3, -0.25) is 8.42 Å². The molecule has 0 aliphatic heterocycles. The standard InChI is InChI=1S/C24H41BrF2O6S2/c1-34(20-14-8-9-15-20,22-17-11-10-16-21(22)28)33-35(30,31)24(26,27)23(29)32-19-13-7-5-3-2-4-6-12-18-25/h20,22H,2-19H2,1H3/p+1. The molecule has 2 fully saturated rings. The summed E-state index contributed by atoms with van der Waals surface area (Å²) in [5, 5.41) is -4.59. The zero-order valence-corrected chi connectivity index (χ0v) is 24.0. The number of halogens is 3. The highest BCUT2D eigenvalue weighted by molar-refractivity contribution is 9.09. The number of ketones is 1. The van der Waals surface area contributed by atoms with Gasteiger partial charge in [0, 0.05) is 18.0 Å². The van der Waals surface area contributed by atoms with Gasteiger partial charge in [0.2, 0.25) is 0 Å². The van der Waals surface area contributed by atoms with Gasteiger partial charge in [-0.1, -0.05) is 73.7 Å². The molecule has 0 heterocycles. The number of carbonyl (C=O) groups excluding carboxylic acids is 2. The van der Waals surface area contributed by atoms with Gasteiger partial charge in [0.15, 0.2) is 5.78 Å². The molecule has 0 spiro atoms. The van der Waals surface area contributed by atoms with Crippen LogP contribution in [0.4, 0.5) is 8.78 Å². The molecule has 11 heteroatoms.